The Hall–Kier alpha value is -3.44. The molecular weight excluding hydrogens is 602 g/mol. The van der Waals surface area contributed by atoms with Crippen LogP contribution in [0.4, 0.5) is 5.69 Å². The largest absolute Gasteiger partial charge is 0.490 e. The number of hydrogen-bond donors (Lipinski definition) is 2. The van der Waals surface area contributed by atoms with Crippen LogP contribution in [-0.4, -0.2) is 80.8 Å². The lowest BCUT2D eigenvalue weighted by Gasteiger charge is -2.36. The number of nitrogens with one attached hydrogen (secondary N) is 1. The zero-order valence-electron chi connectivity index (χ0n) is 27.7. The maximum atomic E-state index is 14.4. The molecule has 0 saturated carbocycles. The Balaban J connectivity index is 1.64. The Kier molecular flexibility index (Phi) is 12.6. The molecule has 0 spiro atoms. The molecule has 3 aromatic rings. The molecule has 0 saturated heterocycles. The van der Waals surface area contributed by atoms with Gasteiger partial charge in [-0.05, 0) is 83.0 Å². The predicted octanol–water partition coefficient (Wildman–Crippen LogP) is 5.72. The molecule has 9 nitrogen and oxygen atoms in total. The topological polar surface area (TPSA) is 108 Å². The van der Waals surface area contributed by atoms with Gasteiger partial charge < -0.3 is 19.5 Å². The van der Waals surface area contributed by atoms with Gasteiger partial charge >= 0.3 is 0 Å². The molecule has 1 amide bonds. The highest BCUT2D eigenvalue weighted by molar-refractivity contribution is 7.92. The van der Waals surface area contributed by atoms with Crippen LogP contribution in [0.3, 0.4) is 0 Å². The van der Waals surface area contributed by atoms with Crippen molar-refractivity contribution in [2.24, 2.45) is 5.92 Å². The highest BCUT2D eigenvalue weighted by Gasteiger charge is 2.30. The third-order valence-corrected chi connectivity index (χ3v) is 9.82. The summed E-state index contributed by atoms with van der Waals surface area (Å²) < 4.78 is 41.8. The van der Waals surface area contributed by atoms with Crippen LogP contribution in [0.15, 0.2) is 77.7 Å². The number of ether oxygens (including phenoxy) is 2. The van der Waals surface area contributed by atoms with Gasteiger partial charge in [-0.25, -0.2) is 8.42 Å². The number of aryl methyl sites for hydroxylation is 1. The fourth-order valence-electron chi connectivity index (χ4n) is 5.65. The Morgan fingerprint density at radius 1 is 1.04 bits per heavy atom. The van der Waals surface area contributed by atoms with E-state index in [0.717, 1.165) is 31.4 Å². The number of aliphatic hydroxyl groups is 1. The molecule has 250 valence electrons. The molecule has 2 N–H and O–H groups in total. The number of carbonyl (C=O) groups is 1. The van der Waals surface area contributed by atoms with E-state index in [1.165, 1.54) is 11.6 Å². The average molecular weight is 652 g/mol. The van der Waals surface area contributed by atoms with Crippen LogP contribution in [-0.2, 0) is 21.3 Å². The molecule has 10 heteroatoms. The number of aliphatic hydroxyl groups excluding tert-OH is 1. The number of rotatable bonds is 9. The number of nitrogens with zero attached hydrogens (tertiary/aromatic N) is 2. The summed E-state index contributed by atoms with van der Waals surface area (Å²) in [6.45, 7) is 9.88. The quantitative estimate of drug-likeness (QED) is 0.305. The van der Waals surface area contributed by atoms with Gasteiger partial charge in [-0.3, -0.25) is 14.4 Å². The van der Waals surface area contributed by atoms with Crippen LogP contribution in [0.2, 0.25) is 0 Å². The summed E-state index contributed by atoms with van der Waals surface area (Å²) in [6.07, 6.45) is 2.21. The monoisotopic (exact) mass is 651 g/mol. The molecule has 4 rings (SSSR count). The molecule has 1 aliphatic heterocycles. The molecular formula is C36H49N3O6S. The maximum Gasteiger partial charge on any atom is 0.261 e. The summed E-state index contributed by atoms with van der Waals surface area (Å²) in [5, 5.41) is 10.2. The average Bonchev–Trinajstić information content (AvgIpc) is 3.03. The van der Waals surface area contributed by atoms with Crippen molar-refractivity contribution >= 4 is 21.6 Å². The van der Waals surface area contributed by atoms with Crippen LogP contribution >= 0.6 is 0 Å². The number of likely N-dealkylation sites (N-methyl/N-ethyl adjacent to an activating group) is 1. The third kappa shape index (κ3) is 9.78. The highest BCUT2D eigenvalue weighted by atomic mass is 32.2. The van der Waals surface area contributed by atoms with E-state index in [-0.39, 0.29) is 46.8 Å². The van der Waals surface area contributed by atoms with Crippen LogP contribution < -0.4 is 9.46 Å². The van der Waals surface area contributed by atoms with Crippen molar-refractivity contribution in [3.63, 3.8) is 0 Å². The number of fused-ring (bicyclic) bond motifs is 1. The lowest BCUT2D eigenvalue weighted by Crippen LogP contribution is -2.47. The Morgan fingerprint density at radius 3 is 2.46 bits per heavy atom. The number of benzene rings is 3. The minimum absolute atomic E-state index is 0.0642. The maximum absolute atomic E-state index is 14.4. The fourth-order valence-corrected chi connectivity index (χ4v) is 6.70. The van der Waals surface area contributed by atoms with E-state index in [2.05, 4.69) is 35.7 Å². The summed E-state index contributed by atoms with van der Waals surface area (Å²) in [6, 6.07) is 21.2. The van der Waals surface area contributed by atoms with E-state index in [4.69, 9.17) is 9.47 Å². The van der Waals surface area contributed by atoms with Gasteiger partial charge in [0.1, 0.15) is 5.75 Å². The molecule has 1 heterocycles. The summed E-state index contributed by atoms with van der Waals surface area (Å²) >= 11 is 0. The summed E-state index contributed by atoms with van der Waals surface area (Å²) in [5.41, 5.74) is 2.64. The van der Waals surface area contributed by atoms with Crippen molar-refractivity contribution in [1.29, 1.82) is 0 Å². The predicted molar refractivity (Wildman–Crippen MR) is 182 cm³/mol. The lowest BCUT2D eigenvalue weighted by molar-refractivity contribution is -0.0177. The second kappa shape index (κ2) is 16.4. The summed E-state index contributed by atoms with van der Waals surface area (Å²) in [7, 11) is -1.82. The van der Waals surface area contributed by atoms with Gasteiger partial charge in [0.15, 0.2) is 0 Å². The fraction of sp³-hybridized carbons (Fsp3) is 0.472. The molecule has 0 unspecified atom stereocenters. The van der Waals surface area contributed by atoms with Gasteiger partial charge in [-0.1, -0.05) is 55.0 Å². The smallest absolute Gasteiger partial charge is 0.261 e. The molecule has 46 heavy (non-hydrogen) atoms. The van der Waals surface area contributed by atoms with E-state index >= 15 is 0 Å². The first-order valence-electron chi connectivity index (χ1n) is 16.1. The van der Waals surface area contributed by atoms with E-state index < -0.39 is 16.1 Å². The Bertz CT molecular complexity index is 1520. The molecule has 0 aliphatic carbocycles. The van der Waals surface area contributed by atoms with Crippen molar-refractivity contribution in [3.05, 3.63) is 89.5 Å². The Morgan fingerprint density at radius 2 is 1.76 bits per heavy atom. The first-order valence-corrected chi connectivity index (χ1v) is 17.6. The molecule has 0 aromatic heterocycles. The molecule has 1 aliphatic rings. The molecule has 4 atom stereocenters. The first-order chi connectivity index (χ1) is 22.0. The Labute approximate surface area is 274 Å². The SMILES string of the molecule is Cc1ccc(S(=O)(=O)Nc2ccc3c(c2)C(=O)N([C@H](C)CO)C[C@@H](C)[C@@H](CN(C)Cc2ccccc2)OCCCC[C@@H](C)O3)cc1. The van der Waals surface area contributed by atoms with Crippen molar-refractivity contribution in [2.45, 2.75) is 76.6 Å². The second-order valence-electron chi connectivity index (χ2n) is 12.6. The van der Waals surface area contributed by atoms with Crippen LogP contribution in [0.1, 0.15) is 61.5 Å². The van der Waals surface area contributed by atoms with Gasteiger partial charge in [-0.2, -0.15) is 0 Å². The number of anilines is 1. The van der Waals surface area contributed by atoms with Crippen molar-refractivity contribution in [1.82, 2.24) is 9.80 Å². The van der Waals surface area contributed by atoms with E-state index in [1.807, 2.05) is 32.0 Å². The number of hydrogen-bond acceptors (Lipinski definition) is 7. The lowest BCUT2D eigenvalue weighted by atomic mass is 10.0. The standard InChI is InChI=1S/C36H49N3O6S/c1-26-14-17-32(18-15-26)46(42,43)37-31-16-19-34-33(21-31)36(41)39(28(3)25-40)22-27(2)35(44-20-10-9-11-29(4)45-34)24-38(5)23-30-12-7-6-8-13-30/h6-8,12-19,21,27-29,35,37,40H,9-11,20,22-25H2,1-5H3/t27-,28-,29-,35-/m1/s1. The van der Waals surface area contributed by atoms with Crippen LogP contribution in [0.25, 0.3) is 0 Å². The van der Waals surface area contributed by atoms with E-state index in [1.54, 1.807) is 48.2 Å². The van der Waals surface area contributed by atoms with E-state index in [0.29, 0.717) is 25.4 Å². The molecule has 3 aromatic carbocycles. The van der Waals surface area contributed by atoms with Gasteiger partial charge in [0.2, 0.25) is 0 Å². The number of amides is 1. The van der Waals surface area contributed by atoms with Crippen LogP contribution in [0, 0.1) is 12.8 Å². The molecule has 0 bridgehead atoms. The summed E-state index contributed by atoms with van der Waals surface area (Å²) in [5.74, 6) is -0.0305. The van der Waals surface area contributed by atoms with E-state index in [9.17, 15) is 18.3 Å². The third-order valence-electron chi connectivity index (χ3n) is 8.42. The van der Waals surface area contributed by atoms with Crippen molar-refractivity contribution in [2.75, 3.05) is 38.1 Å². The molecule has 0 fully saturated rings. The minimum Gasteiger partial charge on any atom is -0.490 e. The normalized spacial score (nSPS) is 20.8. The summed E-state index contributed by atoms with van der Waals surface area (Å²) in [4.78, 5) is 18.4. The van der Waals surface area contributed by atoms with Gasteiger partial charge in [0.05, 0.1) is 35.3 Å². The number of sulfonamides is 1. The highest BCUT2D eigenvalue weighted by Crippen LogP contribution is 2.29. The zero-order chi connectivity index (χ0) is 33.3. The second-order valence-corrected chi connectivity index (χ2v) is 14.3. The van der Waals surface area contributed by atoms with Gasteiger partial charge in [-0.15, -0.1) is 0 Å². The zero-order valence-corrected chi connectivity index (χ0v) is 28.5. The van der Waals surface area contributed by atoms with Gasteiger partial charge in [0, 0.05) is 37.8 Å². The molecule has 0 radical (unpaired) electrons. The van der Waals surface area contributed by atoms with Crippen LogP contribution in [0.5, 0.6) is 5.75 Å². The first kappa shape index (κ1) is 35.4. The van der Waals surface area contributed by atoms with Crippen molar-refractivity contribution < 1.29 is 27.8 Å². The van der Waals surface area contributed by atoms with Crippen molar-refractivity contribution in [3.8, 4) is 5.75 Å². The minimum atomic E-state index is -3.90. The number of carbonyl (C=O) groups excluding carboxylic acids is 1. The van der Waals surface area contributed by atoms with Gasteiger partial charge in [0.25, 0.3) is 15.9 Å².